The number of halogens is 4. The fourth-order valence-electron chi connectivity index (χ4n) is 2.86. The molecule has 0 aliphatic carbocycles. The Morgan fingerprint density at radius 1 is 1.40 bits per heavy atom. The maximum atomic E-state index is 12.6. The summed E-state index contributed by atoms with van der Waals surface area (Å²) in [6, 6.07) is 7.39. The Bertz CT molecular complexity index is 1130. The molecule has 30 heavy (non-hydrogen) atoms. The molecule has 0 fully saturated rings. The minimum absolute atomic E-state index is 0.283. The molecule has 1 aromatic carbocycles. The van der Waals surface area contributed by atoms with E-state index in [2.05, 4.69) is 15.5 Å². The van der Waals surface area contributed by atoms with Crippen molar-refractivity contribution < 1.29 is 18.0 Å². The third kappa shape index (κ3) is 4.46. The lowest BCUT2D eigenvalue weighted by Crippen LogP contribution is -2.36. The average molecular weight is 437 g/mol. The molecular weight excluding hydrogens is 421 g/mol. The van der Waals surface area contributed by atoms with Crippen LogP contribution in [0.5, 0.6) is 0 Å². The molecule has 11 heteroatoms. The van der Waals surface area contributed by atoms with Gasteiger partial charge in [0.05, 0.1) is 22.8 Å². The number of aromatic amines is 1. The van der Waals surface area contributed by atoms with Gasteiger partial charge in [0, 0.05) is 23.9 Å². The third-order valence-electron chi connectivity index (χ3n) is 4.38. The summed E-state index contributed by atoms with van der Waals surface area (Å²) in [5.41, 5.74) is 1.07. The van der Waals surface area contributed by atoms with Gasteiger partial charge in [-0.25, -0.2) is 0 Å². The molecule has 0 saturated heterocycles. The number of hydrogen-bond acceptors (Lipinski definition) is 4. The molecule has 156 valence electrons. The number of carbonyl (C=O) groups is 1. The van der Waals surface area contributed by atoms with E-state index in [1.54, 1.807) is 48.0 Å². The summed E-state index contributed by atoms with van der Waals surface area (Å²) in [5, 5.41) is 21.7. The van der Waals surface area contributed by atoms with Crippen LogP contribution in [0.3, 0.4) is 0 Å². The Morgan fingerprint density at radius 3 is 2.77 bits per heavy atom. The van der Waals surface area contributed by atoms with Crippen LogP contribution in [-0.2, 0) is 12.7 Å². The fraction of sp³-hybridized carbons (Fsp3) is 0.263. The number of aromatic nitrogens is 4. The highest BCUT2D eigenvalue weighted by Gasteiger charge is 2.33. The predicted molar refractivity (Wildman–Crippen MR) is 103 cm³/mol. The molecule has 1 amide bonds. The Hall–Kier alpha value is -3.32. The van der Waals surface area contributed by atoms with E-state index < -0.39 is 23.8 Å². The normalized spacial score (nSPS) is 12.4. The Morgan fingerprint density at radius 2 is 2.13 bits per heavy atom. The second-order valence-electron chi connectivity index (χ2n) is 6.67. The largest absolute Gasteiger partial charge is 0.432 e. The van der Waals surface area contributed by atoms with Crippen LogP contribution in [0.1, 0.15) is 34.2 Å². The van der Waals surface area contributed by atoms with Gasteiger partial charge in [0.25, 0.3) is 5.91 Å². The SMILES string of the molecule is Cc1c(-c2ccn(CC(C)NC(=O)c3cc(C(F)(F)F)[nH]n3)n2)ccc(C#N)c1Cl. The molecule has 2 N–H and O–H groups in total. The third-order valence-corrected chi connectivity index (χ3v) is 4.86. The molecule has 0 radical (unpaired) electrons. The molecule has 0 bridgehead atoms. The van der Waals surface area contributed by atoms with Crippen molar-refractivity contribution in [3.05, 3.63) is 58.0 Å². The van der Waals surface area contributed by atoms with Crippen LogP contribution in [0, 0.1) is 18.3 Å². The van der Waals surface area contributed by atoms with Gasteiger partial charge in [0.1, 0.15) is 11.8 Å². The number of hydrogen-bond donors (Lipinski definition) is 2. The molecular formula is C19H16ClF3N6O. The van der Waals surface area contributed by atoms with Crippen molar-refractivity contribution in [1.82, 2.24) is 25.3 Å². The number of nitrogens with zero attached hydrogens (tertiary/aromatic N) is 4. The van der Waals surface area contributed by atoms with Gasteiger partial charge in [0.2, 0.25) is 0 Å². The zero-order valence-corrected chi connectivity index (χ0v) is 16.6. The highest BCUT2D eigenvalue weighted by atomic mass is 35.5. The zero-order valence-electron chi connectivity index (χ0n) is 15.9. The summed E-state index contributed by atoms with van der Waals surface area (Å²) in [6.45, 7) is 3.77. The van der Waals surface area contributed by atoms with E-state index in [0.29, 0.717) is 22.3 Å². The molecule has 2 aromatic heterocycles. The van der Waals surface area contributed by atoms with Crippen molar-refractivity contribution in [1.29, 1.82) is 5.26 Å². The van der Waals surface area contributed by atoms with E-state index >= 15 is 0 Å². The zero-order chi connectivity index (χ0) is 22.1. The molecule has 0 saturated carbocycles. The molecule has 3 rings (SSSR count). The molecule has 3 aromatic rings. The molecule has 1 unspecified atom stereocenters. The maximum Gasteiger partial charge on any atom is 0.432 e. The molecule has 2 heterocycles. The Balaban J connectivity index is 1.67. The lowest BCUT2D eigenvalue weighted by atomic mass is 10.0. The van der Waals surface area contributed by atoms with Crippen LogP contribution in [0.2, 0.25) is 5.02 Å². The number of carbonyl (C=O) groups excluding carboxylic acids is 1. The topological polar surface area (TPSA) is 99.4 Å². The van der Waals surface area contributed by atoms with Crippen LogP contribution in [-0.4, -0.2) is 31.9 Å². The lowest BCUT2D eigenvalue weighted by molar-refractivity contribution is -0.141. The van der Waals surface area contributed by atoms with Crippen LogP contribution in [0.4, 0.5) is 13.2 Å². The van der Waals surface area contributed by atoms with Crippen molar-refractivity contribution in [2.24, 2.45) is 0 Å². The van der Waals surface area contributed by atoms with Crippen LogP contribution >= 0.6 is 11.6 Å². The van der Waals surface area contributed by atoms with Gasteiger partial charge in [-0.15, -0.1) is 0 Å². The minimum atomic E-state index is -4.60. The van der Waals surface area contributed by atoms with E-state index in [4.69, 9.17) is 16.9 Å². The number of nitrogens with one attached hydrogen (secondary N) is 2. The number of amides is 1. The Kier molecular flexibility index (Phi) is 5.85. The highest BCUT2D eigenvalue weighted by molar-refractivity contribution is 6.32. The van der Waals surface area contributed by atoms with Crippen LogP contribution in [0.25, 0.3) is 11.3 Å². The molecule has 1 atom stereocenters. The smallest absolute Gasteiger partial charge is 0.346 e. The summed E-state index contributed by atoms with van der Waals surface area (Å²) in [6.07, 6.45) is -2.89. The first-order valence-electron chi connectivity index (χ1n) is 8.76. The van der Waals surface area contributed by atoms with Gasteiger partial charge in [-0.2, -0.15) is 28.6 Å². The van der Waals surface area contributed by atoms with E-state index in [0.717, 1.165) is 11.1 Å². The van der Waals surface area contributed by atoms with Gasteiger partial charge in [-0.1, -0.05) is 17.7 Å². The van der Waals surface area contributed by atoms with Gasteiger partial charge in [-0.05, 0) is 31.5 Å². The summed E-state index contributed by atoms with van der Waals surface area (Å²) in [7, 11) is 0. The second-order valence-corrected chi connectivity index (χ2v) is 7.05. The first-order chi connectivity index (χ1) is 14.1. The van der Waals surface area contributed by atoms with Gasteiger partial charge in [0.15, 0.2) is 5.69 Å². The molecule has 0 spiro atoms. The van der Waals surface area contributed by atoms with Gasteiger partial charge in [-0.3, -0.25) is 14.6 Å². The lowest BCUT2D eigenvalue weighted by Gasteiger charge is -2.13. The van der Waals surface area contributed by atoms with E-state index in [1.807, 2.05) is 6.07 Å². The quantitative estimate of drug-likeness (QED) is 0.632. The van der Waals surface area contributed by atoms with E-state index in [1.165, 1.54) is 0 Å². The average Bonchev–Trinajstić information content (AvgIpc) is 3.33. The molecule has 0 aliphatic heterocycles. The van der Waals surface area contributed by atoms with Crippen molar-refractivity contribution in [2.75, 3.05) is 0 Å². The van der Waals surface area contributed by atoms with E-state index in [-0.39, 0.29) is 12.2 Å². The van der Waals surface area contributed by atoms with Crippen molar-refractivity contribution in [3.8, 4) is 17.3 Å². The molecule has 0 aliphatic rings. The number of alkyl halides is 3. The minimum Gasteiger partial charge on any atom is -0.346 e. The number of rotatable bonds is 5. The van der Waals surface area contributed by atoms with E-state index in [9.17, 15) is 18.0 Å². The molecule has 7 nitrogen and oxygen atoms in total. The van der Waals surface area contributed by atoms with Crippen molar-refractivity contribution >= 4 is 17.5 Å². The summed E-state index contributed by atoms with van der Waals surface area (Å²) >= 11 is 6.20. The standard InChI is InChI=1S/C19H16ClF3N6O/c1-10(25-18(30)15-7-16(27-26-15)19(21,22)23)9-29-6-5-14(28-29)13-4-3-12(8-24)17(20)11(13)2/h3-7,10H,9H2,1-2H3,(H,25,30)(H,26,27). The monoisotopic (exact) mass is 436 g/mol. The highest BCUT2D eigenvalue weighted by Crippen LogP contribution is 2.30. The fourth-order valence-corrected chi connectivity index (χ4v) is 3.07. The summed E-state index contributed by atoms with van der Waals surface area (Å²) < 4.78 is 39.4. The Labute approximate surface area is 174 Å². The van der Waals surface area contributed by atoms with Crippen molar-refractivity contribution in [2.45, 2.75) is 32.6 Å². The maximum absolute atomic E-state index is 12.6. The number of nitriles is 1. The van der Waals surface area contributed by atoms with Gasteiger partial charge < -0.3 is 5.32 Å². The van der Waals surface area contributed by atoms with Crippen molar-refractivity contribution in [3.63, 3.8) is 0 Å². The number of H-pyrrole nitrogens is 1. The van der Waals surface area contributed by atoms with Crippen LogP contribution < -0.4 is 5.32 Å². The van der Waals surface area contributed by atoms with Crippen LogP contribution in [0.15, 0.2) is 30.5 Å². The predicted octanol–water partition coefficient (Wildman–Crippen LogP) is 3.94. The summed E-state index contributed by atoms with van der Waals surface area (Å²) in [5.74, 6) is -0.726. The number of benzene rings is 1. The van der Waals surface area contributed by atoms with Gasteiger partial charge >= 0.3 is 6.18 Å². The first-order valence-corrected chi connectivity index (χ1v) is 9.14. The first kappa shape index (κ1) is 21.4. The summed E-state index contributed by atoms with van der Waals surface area (Å²) in [4.78, 5) is 12.1. The second kappa shape index (κ2) is 8.20.